The van der Waals surface area contributed by atoms with Crippen molar-refractivity contribution in [2.24, 2.45) is 0 Å². The van der Waals surface area contributed by atoms with E-state index in [-0.39, 0.29) is 17.0 Å². The van der Waals surface area contributed by atoms with Crippen molar-refractivity contribution >= 4 is 34.4 Å². The van der Waals surface area contributed by atoms with Crippen LogP contribution in [0.1, 0.15) is 30.5 Å². The minimum absolute atomic E-state index is 0.174. The molecule has 1 N–H and O–H groups in total. The van der Waals surface area contributed by atoms with Gasteiger partial charge in [-0.15, -0.1) is 0 Å². The lowest BCUT2D eigenvalue weighted by Crippen LogP contribution is -2.32. The highest BCUT2D eigenvalue weighted by Gasteiger charge is 2.40. The Hall–Kier alpha value is -3.93. The van der Waals surface area contributed by atoms with Gasteiger partial charge in [-0.05, 0) is 86.8 Å². The molecule has 0 aliphatic carbocycles. The second kappa shape index (κ2) is 9.51. The summed E-state index contributed by atoms with van der Waals surface area (Å²) in [6, 6.07) is 18.9. The van der Waals surface area contributed by atoms with Gasteiger partial charge in [0.25, 0.3) is 11.8 Å². The normalized spacial score (nSPS) is 13.6. The maximum Gasteiger partial charge on any atom is 0.282 e. The van der Waals surface area contributed by atoms with Gasteiger partial charge >= 0.3 is 0 Å². The average Bonchev–Trinajstić information content (AvgIpc) is 3.07. The van der Waals surface area contributed by atoms with E-state index in [1.165, 1.54) is 18.2 Å². The molecule has 0 radical (unpaired) electrons. The summed E-state index contributed by atoms with van der Waals surface area (Å²) in [5.74, 6) is -1.52. The van der Waals surface area contributed by atoms with E-state index < -0.39 is 17.6 Å². The maximum absolute atomic E-state index is 13.9. The van der Waals surface area contributed by atoms with Gasteiger partial charge in [0.1, 0.15) is 11.5 Å². The summed E-state index contributed by atoms with van der Waals surface area (Å²) in [6.45, 7) is 9.93. The zero-order valence-corrected chi connectivity index (χ0v) is 19.9. The summed E-state index contributed by atoms with van der Waals surface area (Å²) in [6.07, 6.45) is 0. The topological polar surface area (TPSA) is 52.7 Å². The Morgan fingerprint density at radius 1 is 0.853 bits per heavy atom. The highest BCUT2D eigenvalue weighted by atomic mass is 19.1. The summed E-state index contributed by atoms with van der Waals surface area (Å²) in [7, 11) is 0. The summed E-state index contributed by atoms with van der Waals surface area (Å²) < 4.78 is 13.9. The van der Waals surface area contributed by atoms with Crippen molar-refractivity contribution in [1.82, 2.24) is 0 Å². The Labute approximate surface area is 199 Å². The molecule has 0 unspecified atom stereocenters. The fourth-order valence-electron chi connectivity index (χ4n) is 4.15. The predicted molar refractivity (Wildman–Crippen MR) is 135 cm³/mol. The Bertz CT molecular complexity index is 1280. The standard InChI is InChI=1S/C28H28FN3O2/c1-5-31(6-2)23-14-12-22(13-15-23)30-26-25(20-11-10-18(3)19(4)16-20)27(33)32(28(26)34)24-9-7-8-21(29)17-24/h7-17,30H,5-6H2,1-4H3. The van der Waals surface area contributed by atoms with Gasteiger partial charge in [0.2, 0.25) is 0 Å². The van der Waals surface area contributed by atoms with Crippen LogP contribution in [0.25, 0.3) is 5.57 Å². The van der Waals surface area contributed by atoms with Crippen LogP contribution < -0.4 is 15.1 Å². The molecule has 174 valence electrons. The van der Waals surface area contributed by atoms with Crippen molar-refractivity contribution in [1.29, 1.82) is 0 Å². The van der Waals surface area contributed by atoms with Gasteiger partial charge in [-0.3, -0.25) is 9.59 Å². The molecule has 0 saturated heterocycles. The van der Waals surface area contributed by atoms with Crippen LogP contribution in [0.4, 0.5) is 21.5 Å². The molecule has 3 aromatic carbocycles. The molecule has 0 bridgehead atoms. The average molecular weight is 458 g/mol. The molecule has 34 heavy (non-hydrogen) atoms. The quantitative estimate of drug-likeness (QED) is 0.464. The van der Waals surface area contributed by atoms with Gasteiger partial charge in [0.15, 0.2) is 0 Å². The van der Waals surface area contributed by atoms with Crippen LogP contribution in [0.5, 0.6) is 0 Å². The van der Waals surface area contributed by atoms with Crippen molar-refractivity contribution < 1.29 is 14.0 Å². The Morgan fingerprint density at radius 2 is 1.56 bits per heavy atom. The smallest absolute Gasteiger partial charge is 0.282 e. The van der Waals surface area contributed by atoms with Gasteiger partial charge in [-0.1, -0.05) is 24.3 Å². The number of rotatable bonds is 7. The molecule has 0 fully saturated rings. The zero-order chi connectivity index (χ0) is 24.4. The molecule has 2 amide bonds. The molecule has 4 rings (SSSR count). The fraction of sp³-hybridized carbons (Fsp3) is 0.214. The number of nitrogens with zero attached hydrogens (tertiary/aromatic N) is 2. The Kier molecular flexibility index (Phi) is 6.50. The van der Waals surface area contributed by atoms with Crippen molar-refractivity contribution in [2.45, 2.75) is 27.7 Å². The summed E-state index contributed by atoms with van der Waals surface area (Å²) >= 11 is 0. The van der Waals surface area contributed by atoms with Crippen LogP contribution in [-0.4, -0.2) is 24.9 Å². The number of hydrogen-bond donors (Lipinski definition) is 1. The van der Waals surface area contributed by atoms with Crippen LogP contribution in [0, 0.1) is 19.7 Å². The van der Waals surface area contributed by atoms with Crippen molar-refractivity contribution in [3.8, 4) is 0 Å². The maximum atomic E-state index is 13.9. The highest BCUT2D eigenvalue weighted by Crippen LogP contribution is 2.35. The van der Waals surface area contributed by atoms with E-state index >= 15 is 0 Å². The molecule has 0 aromatic heterocycles. The first-order valence-electron chi connectivity index (χ1n) is 11.4. The summed E-state index contributed by atoms with van der Waals surface area (Å²) in [4.78, 5) is 30.3. The first-order valence-corrected chi connectivity index (χ1v) is 11.4. The van der Waals surface area contributed by atoms with Gasteiger partial charge in [-0.25, -0.2) is 9.29 Å². The third kappa shape index (κ3) is 4.31. The number of benzene rings is 3. The number of anilines is 3. The van der Waals surface area contributed by atoms with Gasteiger partial charge in [0.05, 0.1) is 11.3 Å². The van der Waals surface area contributed by atoms with Crippen LogP contribution in [0.3, 0.4) is 0 Å². The Morgan fingerprint density at radius 3 is 2.18 bits per heavy atom. The molecule has 0 spiro atoms. The van der Waals surface area contributed by atoms with E-state index in [9.17, 15) is 14.0 Å². The minimum Gasteiger partial charge on any atom is -0.372 e. The molecule has 6 heteroatoms. The van der Waals surface area contributed by atoms with Crippen LogP contribution in [0.15, 0.2) is 72.4 Å². The number of halogens is 1. The Balaban J connectivity index is 1.77. The highest BCUT2D eigenvalue weighted by molar-refractivity contribution is 6.46. The molecule has 1 aliphatic heterocycles. The molecule has 1 heterocycles. The van der Waals surface area contributed by atoms with Gasteiger partial charge in [-0.2, -0.15) is 0 Å². The van der Waals surface area contributed by atoms with Crippen molar-refractivity contribution in [3.05, 3.63) is 94.9 Å². The van der Waals surface area contributed by atoms with Crippen molar-refractivity contribution in [2.75, 3.05) is 28.2 Å². The van der Waals surface area contributed by atoms with E-state index in [1.54, 1.807) is 6.07 Å². The molecular formula is C28H28FN3O2. The number of hydrogen-bond acceptors (Lipinski definition) is 4. The number of nitrogens with one attached hydrogen (secondary N) is 1. The van der Waals surface area contributed by atoms with Gasteiger partial charge < -0.3 is 10.2 Å². The molecular weight excluding hydrogens is 429 g/mol. The van der Waals surface area contributed by atoms with Crippen LogP contribution in [0.2, 0.25) is 0 Å². The van der Waals surface area contributed by atoms with E-state index in [0.717, 1.165) is 34.8 Å². The molecule has 1 aliphatic rings. The van der Waals surface area contributed by atoms with Crippen molar-refractivity contribution in [3.63, 3.8) is 0 Å². The molecule has 0 atom stereocenters. The number of carbonyl (C=O) groups is 2. The molecule has 3 aromatic rings. The van der Waals surface area contributed by atoms with Crippen LogP contribution >= 0.6 is 0 Å². The molecule has 0 saturated carbocycles. The predicted octanol–water partition coefficient (Wildman–Crippen LogP) is 5.69. The fourth-order valence-corrected chi connectivity index (χ4v) is 4.15. The minimum atomic E-state index is -0.517. The SMILES string of the molecule is CCN(CC)c1ccc(NC2=C(c3ccc(C)c(C)c3)C(=O)N(c3cccc(F)c3)C2=O)cc1. The largest absolute Gasteiger partial charge is 0.372 e. The van der Waals surface area contributed by atoms with E-state index in [2.05, 4.69) is 24.1 Å². The number of amides is 2. The molecule has 5 nitrogen and oxygen atoms in total. The first-order chi connectivity index (χ1) is 16.3. The first kappa shape index (κ1) is 23.2. The van der Waals surface area contributed by atoms with Gasteiger partial charge in [0, 0.05) is 24.5 Å². The van der Waals surface area contributed by atoms with E-state index in [4.69, 9.17) is 0 Å². The number of imide groups is 1. The number of carbonyl (C=O) groups excluding carboxylic acids is 2. The number of aryl methyl sites for hydroxylation is 2. The van der Waals surface area contributed by atoms with Crippen LogP contribution in [-0.2, 0) is 9.59 Å². The zero-order valence-electron chi connectivity index (χ0n) is 19.9. The summed E-state index contributed by atoms with van der Waals surface area (Å²) in [5.41, 5.74) is 5.15. The lowest BCUT2D eigenvalue weighted by Gasteiger charge is -2.21. The second-order valence-corrected chi connectivity index (χ2v) is 8.32. The van der Waals surface area contributed by atoms with E-state index in [0.29, 0.717) is 11.3 Å². The summed E-state index contributed by atoms with van der Waals surface area (Å²) in [5, 5.41) is 3.18. The lowest BCUT2D eigenvalue weighted by molar-refractivity contribution is -0.120. The lowest BCUT2D eigenvalue weighted by atomic mass is 9.99. The monoisotopic (exact) mass is 457 g/mol. The van der Waals surface area contributed by atoms with E-state index in [1.807, 2.05) is 56.3 Å². The third-order valence-electron chi connectivity index (χ3n) is 6.21. The third-order valence-corrected chi connectivity index (χ3v) is 6.21. The second-order valence-electron chi connectivity index (χ2n) is 8.32.